The second-order valence-electron chi connectivity index (χ2n) is 6.50. The third-order valence-corrected chi connectivity index (χ3v) is 4.74. The normalized spacial score (nSPS) is 10.9. The van der Waals surface area contributed by atoms with Crippen molar-refractivity contribution < 1.29 is 23.1 Å². The van der Waals surface area contributed by atoms with Crippen LogP contribution in [0.5, 0.6) is 5.75 Å². The molecular weight excluding hydrogens is 429 g/mol. The molecule has 0 bridgehead atoms. The predicted octanol–water partition coefficient (Wildman–Crippen LogP) is 3.60. The zero-order valence-electron chi connectivity index (χ0n) is 16.2. The van der Waals surface area contributed by atoms with E-state index < -0.39 is 24.1 Å². The van der Waals surface area contributed by atoms with Crippen molar-refractivity contribution in [2.75, 3.05) is 7.11 Å². The molecule has 0 aliphatic carbocycles. The fourth-order valence-electron chi connectivity index (χ4n) is 2.84. The first kappa shape index (κ1) is 20.5. The van der Waals surface area contributed by atoms with Gasteiger partial charge in [0.1, 0.15) is 29.9 Å². The fraction of sp³-hybridized carbons (Fsp3) is 0.143. The highest BCUT2D eigenvalue weighted by molar-refractivity contribution is 6.30. The van der Waals surface area contributed by atoms with E-state index in [4.69, 9.17) is 25.5 Å². The minimum absolute atomic E-state index is 0.0324. The molecule has 4 rings (SSSR count). The van der Waals surface area contributed by atoms with Gasteiger partial charge >= 0.3 is 11.7 Å². The number of methoxy groups -OCH3 is 1. The summed E-state index contributed by atoms with van der Waals surface area (Å²) in [5, 5.41) is 4.93. The summed E-state index contributed by atoms with van der Waals surface area (Å²) >= 11 is 6.20. The lowest BCUT2D eigenvalue weighted by molar-refractivity contribution is -0.146. The van der Waals surface area contributed by atoms with Crippen molar-refractivity contribution in [2.24, 2.45) is 0 Å². The lowest BCUT2D eigenvalue weighted by atomic mass is 10.1. The Hall–Kier alpha value is -3.72. The molecule has 0 spiro atoms. The molecule has 158 valence electrons. The number of carbonyl (C=O) groups is 1. The summed E-state index contributed by atoms with van der Waals surface area (Å²) in [6.45, 7) is -0.594. The quantitative estimate of drug-likeness (QED) is 0.332. The highest BCUT2D eigenvalue weighted by Gasteiger charge is 2.15. The van der Waals surface area contributed by atoms with Gasteiger partial charge in [0.25, 0.3) is 0 Å². The van der Waals surface area contributed by atoms with E-state index in [0.717, 1.165) is 10.1 Å². The Morgan fingerprint density at radius 2 is 1.97 bits per heavy atom. The van der Waals surface area contributed by atoms with Gasteiger partial charge in [0, 0.05) is 22.6 Å². The van der Waals surface area contributed by atoms with Crippen LogP contribution in [0.2, 0.25) is 5.15 Å². The fourth-order valence-corrected chi connectivity index (χ4v) is 3.04. The molecule has 0 saturated heterocycles. The molecule has 0 fully saturated rings. The molecule has 0 atom stereocenters. The van der Waals surface area contributed by atoms with E-state index in [2.05, 4.69) is 10.1 Å². The average Bonchev–Trinajstić information content (AvgIpc) is 3.12. The molecule has 0 aliphatic heterocycles. The smallest absolute Gasteiger partial charge is 0.437 e. The van der Waals surface area contributed by atoms with Gasteiger partial charge in [-0.15, -0.1) is 5.10 Å². The van der Waals surface area contributed by atoms with E-state index in [1.807, 2.05) is 6.07 Å². The van der Waals surface area contributed by atoms with Gasteiger partial charge in [0.05, 0.1) is 12.6 Å². The predicted molar refractivity (Wildman–Crippen MR) is 109 cm³/mol. The van der Waals surface area contributed by atoms with Crippen molar-refractivity contribution >= 4 is 28.5 Å². The van der Waals surface area contributed by atoms with Crippen LogP contribution >= 0.6 is 11.6 Å². The number of hydrogen-bond acceptors (Lipinski definition) is 7. The van der Waals surface area contributed by atoms with Gasteiger partial charge in [0.2, 0.25) is 5.89 Å². The summed E-state index contributed by atoms with van der Waals surface area (Å²) in [6, 6.07) is 12.3. The van der Waals surface area contributed by atoms with E-state index in [1.165, 1.54) is 24.3 Å². The number of aromatic nitrogens is 3. The third kappa shape index (κ3) is 4.56. The van der Waals surface area contributed by atoms with Crippen LogP contribution in [0, 0.1) is 5.82 Å². The standard InChI is InChI=1S/C21H15ClFN3O5/c1-29-16-7-4-13-8-14(19(22)24-17(13)9-16)11-30-18(27)10-26-21(28)31-20(25-26)12-2-5-15(23)6-3-12/h2-9H,10-11H2,1H3. The molecule has 2 aromatic heterocycles. The van der Waals surface area contributed by atoms with Crippen LogP contribution in [0.1, 0.15) is 5.56 Å². The summed E-state index contributed by atoms with van der Waals surface area (Å²) in [5.74, 6) is -1.37. The van der Waals surface area contributed by atoms with Gasteiger partial charge in [-0.05, 0) is 42.5 Å². The largest absolute Gasteiger partial charge is 0.497 e. The Morgan fingerprint density at radius 3 is 2.71 bits per heavy atom. The second-order valence-corrected chi connectivity index (χ2v) is 6.85. The number of hydrogen-bond donors (Lipinski definition) is 0. The summed E-state index contributed by atoms with van der Waals surface area (Å²) < 4.78 is 29.3. The maximum atomic E-state index is 13.0. The first-order valence-electron chi connectivity index (χ1n) is 9.05. The number of halogens is 2. The number of esters is 1. The van der Waals surface area contributed by atoms with Crippen LogP contribution in [0.25, 0.3) is 22.4 Å². The van der Waals surface area contributed by atoms with E-state index in [9.17, 15) is 14.0 Å². The average molecular weight is 444 g/mol. The number of ether oxygens (including phenoxy) is 2. The van der Waals surface area contributed by atoms with E-state index in [-0.39, 0.29) is 17.7 Å². The Labute approximate surface area is 179 Å². The SMILES string of the molecule is COc1ccc2cc(COC(=O)Cn3nc(-c4ccc(F)cc4)oc3=O)c(Cl)nc2c1. The van der Waals surface area contributed by atoms with Crippen LogP contribution in [0.15, 0.2) is 57.7 Å². The molecule has 0 unspecified atom stereocenters. The molecular formula is C21H15ClFN3O5. The van der Waals surface area contributed by atoms with Gasteiger partial charge in [-0.1, -0.05) is 11.6 Å². The highest BCUT2D eigenvalue weighted by Crippen LogP contribution is 2.24. The minimum atomic E-state index is -0.837. The van der Waals surface area contributed by atoms with Crippen LogP contribution < -0.4 is 10.5 Å². The van der Waals surface area contributed by atoms with Gasteiger partial charge in [-0.3, -0.25) is 4.79 Å². The van der Waals surface area contributed by atoms with Gasteiger partial charge in [-0.2, -0.15) is 4.68 Å². The molecule has 0 aliphatic rings. The van der Waals surface area contributed by atoms with E-state index in [0.29, 0.717) is 22.4 Å². The Kier molecular flexibility index (Phi) is 5.68. The van der Waals surface area contributed by atoms with Crippen molar-refractivity contribution in [1.82, 2.24) is 14.8 Å². The van der Waals surface area contributed by atoms with Crippen molar-refractivity contribution in [3.8, 4) is 17.2 Å². The summed E-state index contributed by atoms with van der Waals surface area (Å²) in [6.07, 6.45) is 0. The molecule has 2 heterocycles. The highest BCUT2D eigenvalue weighted by atomic mass is 35.5. The van der Waals surface area contributed by atoms with Gasteiger partial charge in [-0.25, -0.2) is 14.2 Å². The lowest BCUT2D eigenvalue weighted by Crippen LogP contribution is -2.23. The molecule has 2 aromatic carbocycles. The monoisotopic (exact) mass is 443 g/mol. The van der Waals surface area contributed by atoms with Crippen LogP contribution in [-0.2, 0) is 22.7 Å². The minimum Gasteiger partial charge on any atom is -0.497 e. The molecule has 4 aromatic rings. The summed E-state index contributed by atoms with van der Waals surface area (Å²) in [7, 11) is 1.55. The molecule has 0 N–H and O–H groups in total. The maximum Gasteiger partial charge on any atom is 0.437 e. The zero-order chi connectivity index (χ0) is 22.0. The molecule has 0 radical (unpaired) electrons. The molecule has 0 saturated carbocycles. The number of fused-ring (bicyclic) bond motifs is 1. The first-order chi connectivity index (χ1) is 14.9. The molecule has 8 nitrogen and oxygen atoms in total. The van der Waals surface area contributed by atoms with Crippen molar-refractivity contribution in [2.45, 2.75) is 13.2 Å². The number of pyridine rings is 1. The van der Waals surface area contributed by atoms with Gasteiger partial charge < -0.3 is 13.9 Å². The number of carbonyl (C=O) groups excluding carboxylic acids is 1. The maximum absolute atomic E-state index is 13.0. The lowest BCUT2D eigenvalue weighted by Gasteiger charge is -2.08. The zero-order valence-corrected chi connectivity index (χ0v) is 16.9. The van der Waals surface area contributed by atoms with Crippen LogP contribution in [-0.4, -0.2) is 27.8 Å². The number of rotatable bonds is 6. The number of benzene rings is 2. The third-order valence-electron chi connectivity index (χ3n) is 4.42. The first-order valence-corrected chi connectivity index (χ1v) is 9.43. The Bertz CT molecular complexity index is 1320. The van der Waals surface area contributed by atoms with E-state index >= 15 is 0 Å². The Balaban J connectivity index is 1.44. The van der Waals surface area contributed by atoms with Crippen LogP contribution in [0.4, 0.5) is 4.39 Å². The molecule has 10 heteroatoms. The summed E-state index contributed by atoms with van der Waals surface area (Å²) in [4.78, 5) is 28.4. The van der Waals surface area contributed by atoms with Gasteiger partial charge in [0.15, 0.2) is 0 Å². The Morgan fingerprint density at radius 1 is 1.19 bits per heavy atom. The topological polar surface area (TPSA) is 96.5 Å². The summed E-state index contributed by atoms with van der Waals surface area (Å²) in [5.41, 5.74) is 1.55. The second kappa shape index (κ2) is 8.57. The van der Waals surface area contributed by atoms with Crippen molar-refractivity contribution in [3.05, 3.63) is 75.6 Å². The van der Waals surface area contributed by atoms with Crippen molar-refractivity contribution in [1.29, 1.82) is 0 Å². The van der Waals surface area contributed by atoms with Crippen LogP contribution in [0.3, 0.4) is 0 Å². The molecule has 0 amide bonds. The van der Waals surface area contributed by atoms with Crippen molar-refractivity contribution in [3.63, 3.8) is 0 Å². The molecule has 31 heavy (non-hydrogen) atoms. The van der Waals surface area contributed by atoms with E-state index in [1.54, 1.807) is 25.3 Å². The number of nitrogens with zero attached hydrogens (tertiary/aromatic N) is 3.